The number of carbonyl (C=O) groups excluding carboxylic acids is 5. The first-order valence-electron chi connectivity index (χ1n) is 15.5. The van der Waals surface area contributed by atoms with Crippen molar-refractivity contribution in [3.8, 4) is 5.75 Å². The fourth-order valence-corrected chi connectivity index (χ4v) is 5.97. The van der Waals surface area contributed by atoms with Gasteiger partial charge in [-0.2, -0.15) is 0 Å². The maximum atomic E-state index is 13.5. The van der Waals surface area contributed by atoms with Crippen LogP contribution < -0.4 is 16.0 Å². The summed E-state index contributed by atoms with van der Waals surface area (Å²) < 4.78 is 5.77. The standard InChI is InChI=1S/C33H42N4O7S2/c1-3-5-6-7-8-12-30(40)45-17-10-9-11-24-19-28(39)34-20-29-35-27(21-46-29)32(42)36-25(4-2)31(41)37-26(33(43)44-24)18-22-13-15-23(38)16-14-22/h4,9,11,13-16,21,24,26,38H,3,5-8,10,12,17-20H2,1-2H3,(H,34,39)(H,36,42)(H,37,41)/b11-9+,25-4-/t24-,26+/m1/s1. The molecule has 4 N–H and O–H groups in total. The molecule has 13 heteroatoms. The van der Waals surface area contributed by atoms with Crippen LogP contribution in [0.15, 0.2) is 53.6 Å². The molecule has 2 bridgehead atoms. The van der Waals surface area contributed by atoms with Gasteiger partial charge in [0.05, 0.1) is 13.0 Å². The minimum absolute atomic E-state index is 0.0189. The summed E-state index contributed by atoms with van der Waals surface area (Å²) in [6.45, 7) is 3.79. The number of benzene rings is 1. The van der Waals surface area contributed by atoms with E-state index in [1.54, 1.807) is 31.2 Å². The molecule has 2 aromatic rings. The van der Waals surface area contributed by atoms with Gasteiger partial charge in [0, 0.05) is 24.0 Å². The summed E-state index contributed by atoms with van der Waals surface area (Å²) in [7, 11) is 0. The lowest BCUT2D eigenvalue weighted by Gasteiger charge is -2.22. The number of nitrogens with one attached hydrogen (secondary N) is 3. The van der Waals surface area contributed by atoms with Crippen molar-refractivity contribution in [1.29, 1.82) is 0 Å². The number of cyclic esters (lactones) is 1. The van der Waals surface area contributed by atoms with E-state index in [-0.39, 0.29) is 41.6 Å². The van der Waals surface area contributed by atoms with Crippen LogP contribution in [0.1, 0.15) is 86.3 Å². The van der Waals surface area contributed by atoms with Crippen molar-refractivity contribution in [1.82, 2.24) is 20.9 Å². The van der Waals surface area contributed by atoms with Gasteiger partial charge in [-0.25, -0.2) is 9.78 Å². The van der Waals surface area contributed by atoms with Crippen molar-refractivity contribution in [2.75, 3.05) is 5.75 Å². The van der Waals surface area contributed by atoms with Gasteiger partial charge in [-0.3, -0.25) is 19.2 Å². The van der Waals surface area contributed by atoms with E-state index in [0.717, 1.165) is 25.7 Å². The first-order valence-corrected chi connectivity index (χ1v) is 17.3. The van der Waals surface area contributed by atoms with Crippen LogP contribution in [0, 0.1) is 0 Å². The molecule has 0 spiro atoms. The van der Waals surface area contributed by atoms with Crippen LogP contribution in [-0.4, -0.2) is 56.8 Å². The van der Waals surface area contributed by atoms with E-state index in [1.165, 1.54) is 53.1 Å². The third-order valence-electron chi connectivity index (χ3n) is 7.01. The second-order valence-corrected chi connectivity index (χ2v) is 12.8. The zero-order valence-electron chi connectivity index (χ0n) is 26.2. The highest BCUT2D eigenvalue weighted by atomic mass is 32.2. The lowest BCUT2D eigenvalue weighted by molar-refractivity contribution is -0.151. The Bertz CT molecular complexity index is 1400. The number of allylic oxidation sites excluding steroid dienone is 2. The quantitative estimate of drug-likeness (QED) is 0.108. The molecule has 1 aliphatic rings. The normalized spacial score (nSPS) is 19.0. The summed E-state index contributed by atoms with van der Waals surface area (Å²) in [5.74, 6) is -1.91. The number of carbonyl (C=O) groups is 5. The Kier molecular flexibility index (Phi) is 15.5. The lowest BCUT2D eigenvalue weighted by Crippen LogP contribution is -2.47. The molecule has 0 fully saturated rings. The minimum Gasteiger partial charge on any atom is -0.508 e. The topological polar surface area (TPSA) is 164 Å². The molecule has 0 unspecified atom stereocenters. The van der Waals surface area contributed by atoms with Gasteiger partial charge in [0.2, 0.25) is 5.91 Å². The third kappa shape index (κ3) is 12.8. The zero-order chi connectivity index (χ0) is 33.3. The second kappa shape index (κ2) is 19.5. The van der Waals surface area contributed by atoms with Crippen molar-refractivity contribution >= 4 is 51.9 Å². The van der Waals surface area contributed by atoms with E-state index in [0.29, 0.717) is 29.2 Å². The molecule has 0 saturated carbocycles. The smallest absolute Gasteiger partial charge is 0.329 e. The highest BCUT2D eigenvalue weighted by Crippen LogP contribution is 2.16. The average molecular weight is 671 g/mol. The van der Waals surface area contributed by atoms with Crippen molar-refractivity contribution in [2.24, 2.45) is 0 Å². The van der Waals surface area contributed by atoms with Gasteiger partial charge in [-0.05, 0) is 43.5 Å². The number of unbranched alkanes of at least 4 members (excludes halogenated alkanes) is 4. The Morgan fingerprint density at radius 1 is 1.11 bits per heavy atom. The molecule has 2 atom stereocenters. The number of fused-ring (bicyclic) bond motifs is 2. The number of hydrogen-bond donors (Lipinski definition) is 4. The molecule has 0 radical (unpaired) electrons. The highest BCUT2D eigenvalue weighted by molar-refractivity contribution is 8.13. The summed E-state index contributed by atoms with van der Waals surface area (Å²) in [6.07, 6.45) is 10.2. The van der Waals surface area contributed by atoms with E-state index in [9.17, 15) is 29.1 Å². The number of nitrogens with zero attached hydrogens (tertiary/aromatic N) is 1. The van der Waals surface area contributed by atoms with Gasteiger partial charge in [-0.15, -0.1) is 11.3 Å². The first-order chi connectivity index (χ1) is 22.2. The molecule has 0 aliphatic carbocycles. The zero-order valence-corrected chi connectivity index (χ0v) is 27.8. The second-order valence-electron chi connectivity index (χ2n) is 10.7. The number of esters is 1. The number of aromatic hydroxyl groups is 1. The number of aromatic nitrogens is 1. The predicted molar refractivity (Wildman–Crippen MR) is 178 cm³/mol. The van der Waals surface area contributed by atoms with Crippen LogP contribution in [0.2, 0.25) is 0 Å². The number of phenolic OH excluding ortho intramolecular Hbond substituents is 1. The van der Waals surface area contributed by atoms with Crippen molar-refractivity contribution < 1.29 is 33.8 Å². The molecular formula is C33H42N4O7S2. The number of ether oxygens (including phenoxy) is 1. The molecular weight excluding hydrogens is 629 g/mol. The molecule has 46 heavy (non-hydrogen) atoms. The number of thiazole rings is 1. The maximum absolute atomic E-state index is 13.5. The van der Waals surface area contributed by atoms with E-state index in [2.05, 4.69) is 27.9 Å². The van der Waals surface area contributed by atoms with Crippen LogP contribution in [0.5, 0.6) is 5.75 Å². The fourth-order valence-electron chi connectivity index (χ4n) is 4.48. The molecule has 11 nitrogen and oxygen atoms in total. The third-order valence-corrected chi connectivity index (χ3v) is 8.82. The highest BCUT2D eigenvalue weighted by Gasteiger charge is 2.28. The SMILES string of the molecule is C/C=C1\NC(=O)c2csc(n2)CNC(=O)C[C@@H](/C=C/CCSC(=O)CCCCCCC)OC(=O)[C@H](Cc2ccc(O)cc2)NC1=O. The largest absolute Gasteiger partial charge is 0.508 e. The molecule has 1 aromatic carbocycles. The Labute approximate surface area is 277 Å². The Morgan fingerprint density at radius 2 is 1.87 bits per heavy atom. The van der Waals surface area contributed by atoms with Crippen LogP contribution >= 0.6 is 23.1 Å². The van der Waals surface area contributed by atoms with Crippen molar-refractivity contribution in [3.05, 3.63) is 69.8 Å². The molecule has 3 amide bonds. The average Bonchev–Trinajstić information content (AvgIpc) is 3.51. The van der Waals surface area contributed by atoms with Crippen molar-refractivity contribution in [2.45, 2.75) is 90.3 Å². The van der Waals surface area contributed by atoms with E-state index < -0.39 is 35.8 Å². The summed E-state index contributed by atoms with van der Waals surface area (Å²) in [6, 6.07) is 4.96. The summed E-state index contributed by atoms with van der Waals surface area (Å²) in [5.41, 5.74) is 0.641. The maximum Gasteiger partial charge on any atom is 0.329 e. The van der Waals surface area contributed by atoms with Gasteiger partial charge in [0.25, 0.3) is 11.8 Å². The van der Waals surface area contributed by atoms with E-state index in [4.69, 9.17) is 4.74 Å². The molecule has 1 aromatic heterocycles. The Hall–Kier alpha value is -3.97. The molecule has 1 aliphatic heterocycles. The Balaban J connectivity index is 1.75. The van der Waals surface area contributed by atoms with Crippen LogP contribution in [-0.2, 0) is 36.9 Å². The lowest BCUT2D eigenvalue weighted by atomic mass is 10.1. The first kappa shape index (κ1) is 36.5. The predicted octanol–water partition coefficient (Wildman–Crippen LogP) is 4.71. The Morgan fingerprint density at radius 3 is 2.61 bits per heavy atom. The molecule has 0 saturated heterocycles. The monoisotopic (exact) mass is 670 g/mol. The number of rotatable bonds is 12. The number of amides is 3. The van der Waals surface area contributed by atoms with Crippen molar-refractivity contribution in [3.63, 3.8) is 0 Å². The number of phenols is 1. The summed E-state index contributed by atoms with van der Waals surface area (Å²) >= 11 is 2.45. The van der Waals surface area contributed by atoms with Gasteiger partial charge in [0.1, 0.15) is 34.3 Å². The molecule has 3 rings (SSSR count). The molecule has 248 valence electrons. The fraction of sp³-hybridized carbons (Fsp3) is 0.455. The van der Waals surface area contributed by atoms with Gasteiger partial charge >= 0.3 is 5.97 Å². The summed E-state index contributed by atoms with van der Waals surface area (Å²) in [4.78, 5) is 68.9. The van der Waals surface area contributed by atoms with E-state index in [1.807, 2.05) is 0 Å². The molecule has 2 heterocycles. The van der Waals surface area contributed by atoms with Gasteiger partial charge in [0.15, 0.2) is 5.12 Å². The van der Waals surface area contributed by atoms with Gasteiger partial charge in [-0.1, -0.05) is 68.7 Å². The summed E-state index contributed by atoms with van der Waals surface area (Å²) in [5, 5.41) is 19.8. The van der Waals surface area contributed by atoms with Gasteiger partial charge < -0.3 is 25.8 Å². The van der Waals surface area contributed by atoms with Crippen LogP contribution in [0.3, 0.4) is 0 Å². The number of hydrogen-bond acceptors (Lipinski definition) is 10. The number of thioether (sulfide) groups is 1. The van der Waals surface area contributed by atoms with Crippen LogP contribution in [0.4, 0.5) is 0 Å². The minimum atomic E-state index is -1.19. The van der Waals surface area contributed by atoms with E-state index >= 15 is 0 Å². The van der Waals surface area contributed by atoms with Crippen LogP contribution in [0.25, 0.3) is 0 Å².